The van der Waals surface area contributed by atoms with E-state index in [9.17, 15) is 19.2 Å². The van der Waals surface area contributed by atoms with Gasteiger partial charge < -0.3 is 54.8 Å². The van der Waals surface area contributed by atoms with Crippen LogP contribution in [0.5, 0.6) is 0 Å². The van der Waals surface area contributed by atoms with Crippen LogP contribution in [0.4, 0.5) is 0 Å². The molecule has 16 heteroatoms. The Balaban J connectivity index is 7.73. The van der Waals surface area contributed by atoms with Crippen molar-refractivity contribution in [2.75, 3.05) is 202 Å². The predicted octanol–water partition coefficient (Wildman–Crippen LogP) is 4.48. The van der Waals surface area contributed by atoms with E-state index in [1.54, 1.807) is 0 Å². The van der Waals surface area contributed by atoms with Gasteiger partial charge in [-0.25, -0.2) is 19.2 Å². The smallest absolute Gasteiger partial charge is 0.365 e. The van der Waals surface area contributed by atoms with E-state index < -0.39 is 66.4 Å². The third-order valence-electron chi connectivity index (χ3n) is 13.4. The molecule has 7 unspecified atom stereocenters. The molecule has 0 radical (unpaired) electrons. The number of esters is 4. The van der Waals surface area contributed by atoms with Crippen LogP contribution in [0.1, 0.15) is 90.4 Å². The first kappa shape index (κ1) is 67.6. The number of unbranched alkanes of at least 4 members (excludes halogenated alkanes) is 4. The highest BCUT2D eigenvalue weighted by Gasteiger charge is 2.46. The zero-order valence-electron chi connectivity index (χ0n) is 50.6. The molecule has 0 rings (SSSR count). The molecular formula is C54H118N8O8+8. The molecule has 0 aliphatic heterocycles. The average Bonchev–Trinajstić information content (AvgIpc) is 3.13. The second kappa shape index (κ2) is 28.3. The van der Waals surface area contributed by atoms with Gasteiger partial charge in [-0.05, 0) is 57.8 Å². The van der Waals surface area contributed by atoms with Crippen molar-refractivity contribution >= 4 is 23.9 Å². The second-order valence-electron chi connectivity index (χ2n) is 28.5. The Morgan fingerprint density at radius 2 is 0.571 bits per heavy atom. The van der Waals surface area contributed by atoms with Gasteiger partial charge in [0.05, 0.1) is 195 Å². The summed E-state index contributed by atoms with van der Waals surface area (Å²) in [5, 5.41) is 0. The van der Waals surface area contributed by atoms with Gasteiger partial charge in [0.1, 0.15) is 12.7 Å². The van der Waals surface area contributed by atoms with Gasteiger partial charge in [0.15, 0.2) is 36.4 Å². The van der Waals surface area contributed by atoms with Gasteiger partial charge in [-0.2, -0.15) is 0 Å². The fourth-order valence-corrected chi connectivity index (χ4v) is 8.88. The Kier molecular flexibility index (Phi) is 27.3. The molecule has 0 aromatic heterocycles. The number of carbonyl (C=O) groups excluding carboxylic acids is 4. The molecule has 0 fully saturated rings. The average molecular weight is 1010 g/mol. The van der Waals surface area contributed by atoms with Gasteiger partial charge in [-0.1, -0.05) is 6.92 Å². The minimum Gasteiger partial charge on any atom is -0.457 e. The number of rotatable bonds is 36. The van der Waals surface area contributed by atoms with E-state index in [2.05, 4.69) is 84.6 Å². The van der Waals surface area contributed by atoms with Crippen LogP contribution in [0, 0.1) is 0 Å². The third kappa shape index (κ3) is 29.3. The van der Waals surface area contributed by atoms with Gasteiger partial charge in [-0.15, -0.1) is 0 Å². The van der Waals surface area contributed by atoms with Crippen LogP contribution >= 0.6 is 0 Å². The van der Waals surface area contributed by atoms with E-state index >= 15 is 0 Å². The fourth-order valence-electron chi connectivity index (χ4n) is 8.88. The summed E-state index contributed by atoms with van der Waals surface area (Å²) in [6, 6.07) is -2.15. The molecule has 0 aromatic rings. The molecule has 0 spiro atoms. The number of carbonyl (C=O) groups is 4. The van der Waals surface area contributed by atoms with Crippen LogP contribution in [0.2, 0.25) is 0 Å². The number of likely N-dealkylation sites (N-methyl/N-ethyl adjacent to an activating group) is 4. The maximum absolute atomic E-state index is 14.9. The van der Waals surface area contributed by atoms with Gasteiger partial charge >= 0.3 is 23.9 Å². The van der Waals surface area contributed by atoms with Gasteiger partial charge in [0.2, 0.25) is 0 Å². The lowest BCUT2D eigenvalue weighted by atomic mass is 10.0. The molecule has 414 valence electrons. The zero-order valence-corrected chi connectivity index (χ0v) is 50.6. The number of nitrogens with zero attached hydrogens (tertiary/aromatic N) is 8. The second-order valence-corrected chi connectivity index (χ2v) is 28.5. The maximum atomic E-state index is 14.9. The number of ether oxygens (including phenoxy) is 4. The van der Waals surface area contributed by atoms with E-state index in [0.717, 1.165) is 95.5 Å². The molecule has 0 aliphatic rings. The summed E-state index contributed by atoms with van der Waals surface area (Å²) < 4.78 is 30.8. The Morgan fingerprint density at radius 3 is 0.814 bits per heavy atom. The van der Waals surface area contributed by atoms with Crippen LogP contribution < -0.4 is 0 Å². The van der Waals surface area contributed by atoms with E-state index in [1.165, 1.54) is 0 Å². The third-order valence-corrected chi connectivity index (χ3v) is 13.4. The van der Waals surface area contributed by atoms with Gasteiger partial charge in [0.25, 0.3) is 0 Å². The summed E-state index contributed by atoms with van der Waals surface area (Å²) in [5.41, 5.74) is 0. The van der Waals surface area contributed by atoms with Crippen molar-refractivity contribution in [3.63, 3.8) is 0 Å². The minimum atomic E-state index is -1.27. The minimum absolute atomic E-state index is 0.257. The Morgan fingerprint density at radius 1 is 0.329 bits per heavy atom. The Labute approximate surface area is 431 Å². The van der Waals surface area contributed by atoms with Crippen molar-refractivity contribution in [2.24, 2.45) is 0 Å². The first-order valence-electron chi connectivity index (χ1n) is 26.6. The molecule has 0 N–H and O–H groups in total. The Hall–Kier alpha value is -2.44. The molecule has 0 bridgehead atoms. The molecular weight excluding hydrogens is 889 g/mol. The summed E-state index contributed by atoms with van der Waals surface area (Å²) in [5.74, 6) is -1.78. The van der Waals surface area contributed by atoms with Crippen LogP contribution in [-0.2, 0) is 38.1 Å². The van der Waals surface area contributed by atoms with Crippen molar-refractivity contribution in [2.45, 2.75) is 133 Å². The maximum Gasteiger partial charge on any atom is 0.365 e. The van der Waals surface area contributed by atoms with Crippen molar-refractivity contribution < 1.29 is 74.0 Å². The summed E-state index contributed by atoms with van der Waals surface area (Å²) in [6.07, 6.45) is 6.06. The largest absolute Gasteiger partial charge is 0.457 e. The molecule has 0 heterocycles. The van der Waals surface area contributed by atoms with Crippen molar-refractivity contribution in [3.05, 3.63) is 0 Å². The molecule has 7 atom stereocenters. The summed E-state index contributed by atoms with van der Waals surface area (Å²) in [7, 11) is 49.8. The van der Waals surface area contributed by atoms with Crippen LogP contribution in [0.25, 0.3) is 0 Å². The number of quaternary nitrogens is 8. The summed E-state index contributed by atoms with van der Waals surface area (Å²) in [4.78, 5) is 58.9. The number of hydrogen-bond acceptors (Lipinski definition) is 8. The van der Waals surface area contributed by atoms with Crippen molar-refractivity contribution in [1.29, 1.82) is 0 Å². The Bertz CT molecular complexity index is 1550. The number of hydrogen-bond donors (Lipinski definition) is 0. The van der Waals surface area contributed by atoms with E-state index in [-0.39, 0.29) is 13.0 Å². The van der Waals surface area contributed by atoms with Crippen LogP contribution in [-0.4, -0.2) is 304 Å². The molecule has 0 aliphatic carbocycles. The molecule has 0 saturated carbocycles. The quantitative estimate of drug-likeness (QED) is 0.0392. The molecule has 0 amide bonds. The van der Waals surface area contributed by atoms with E-state index in [1.807, 2.05) is 91.5 Å². The van der Waals surface area contributed by atoms with Gasteiger partial charge in [0, 0.05) is 25.7 Å². The normalized spacial score (nSPS) is 16.6. The molecule has 0 saturated heterocycles. The standard InChI is InChI=1S/C54H118N8O8/c1-26-48(68-52(64)45(60(17,18)19)36-28-32-40-56(5,6)7)50(70-54(66)47(62(23,24)25)38-30-34-42-58(11,12)13)49(69-53(65)46(61(20,21)22)37-29-33-41-57(8,9)10)43-67-51(63)44(59(14,15)16)35-27-31-39-55(2,3)4/h44-50H,26-43H2,1-25H3/q+8. The predicted molar refractivity (Wildman–Crippen MR) is 285 cm³/mol. The summed E-state index contributed by atoms with van der Waals surface area (Å²) >= 11 is 0. The lowest BCUT2D eigenvalue weighted by Gasteiger charge is -2.39. The van der Waals surface area contributed by atoms with Crippen molar-refractivity contribution in [3.8, 4) is 0 Å². The topological polar surface area (TPSA) is 105 Å². The highest BCUT2D eigenvalue weighted by atomic mass is 16.6. The van der Waals surface area contributed by atoms with Crippen molar-refractivity contribution in [1.82, 2.24) is 0 Å². The first-order chi connectivity index (χ1) is 31.4. The van der Waals surface area contributed by atoms with E-state index in [0.29, 0.717) is 43.6 Å². The van der Waals surface area contributed by atoms with E-state index in [4.69, 9.17) is 18.9 Å². The molecule has 0 aromatic carbocycles. The molecule has 70 heavy (non-hydrogen) atoms. The van der Waals surface area contributed by atoms with Crippen LogP contribution in [0.15, 0.2) is 0 Å². The lowest BCUT2D eigenvalue weighted by Crippen LogP contribution is -2.57. The lowest BCUT2D eigenvalue weighted by molar-refractivity contribution is -0.888. The highest BCUT2D eigenvalue weighted by molar-refractivity contribution is 5.77. The first-order valence-corrected chi connectivity index (χ1v) is 26.6. The SMILES string of the molecule is CCC(OC(=O)C(CCCC[N+](C)(C)C)[N+](C)(C)C)C(OC(=O)C(CCCC[N+](C)(C)C)[N+](C)(C)C)C(COC(=O)C(CCCC[N+](C)(C)C)[N+](C)(C)C)OC(=O)C(CCCC[N+](C)(C)C)[N+](C)(C)C. The highest BCUT2D eigenvalue weighted by Crippen LogP contribution is 2.26. The monoisotopic (exact) mass is 1010 g/mol. The summed E-state index contributed by atoms with van der Waals surface area (Å²) in [6.45, 7) is 5.36. The molecule has 16 nitrogen and oxygen atoms in total. The fraction of sp³-hybridized carbons (Fsp3) is 0.926. The van der Waals surface area contributed by atoms with Crippen LogP contribution in [0.3, 0.4) is 0 Å². The van der Waals surface area contributed by atoms with Gasteiger partial charge in [-0.3, -0.25) is 0 Å². The zero-order chi connectivity index (χ0) is 54.9.